The van der Waals surface area contributed by atoms with Crippen molar-refractivity contribution in [2.75, 3.05) is 13.7 Å². The summed E-state index contributed by atoms with van der Waals surface area (Å²) >= 11 is 1.31. The highest BCUT2D eigenvalue weighted by molar-refractivity contribution is 7.99. The molecule has 0 amide bonds. The second-order valence-corrected chi connectivity index (χ2v) is 5.88. The highest BCUT2D eigenvalue weighted by atomic mass is 32.2. The minimum atomic E-state index is -1.26. The zero-order chi connectivity index (χ0) is 15.4. The number of aliphatic hydroxyl groups is 3. The molecule has 1 heterocycles. The molecule has 0 bridgehead atoms. The lowest BCUT2D eigenvalue weighted by atomic mass is 10.0. The molecule has 1 aromatic carbocycles. The Balaban J connectivity index is 2.07. The molecule has 1 saturated heterocycles. The standard InChI is InChI=1S/C14H17NO5S/c1-19-14(13-12(18)11(17)10(16)7-20-13)21-9-4-2-8(6-15)3-5-9/h2-5,10-14,16-18H,7H2,1H3/t10-,11-,12+,13+,14?/m1/s1. The number of benzene rings is 1. The van der Waals surface area contributed by atoms with Gasteiger partial charge in [-0.15, -0.1) is 0 Å². The maximum atomic E-state index is 10.00. The van der Waals surface area contributed by atoms with E-state index in [1.54, 1.807) is 24.3 Å². The predicted molar refractivity (Wildman–Crippen MR) is 75.6 cm³/mol. The minimum absolute atomic E-state index is 0.0588. The SMILES string of the molecule is COC(Sc1ccc(C#N)cc1)[C@H]1OC[C@@H](O)[C@@H](O)[C@@H]1O. The van der Waals surface area contributed by atoms with E-state index in [1.165, 1.54) is 18.9 Å². The highest BCUT2D eigenvalue weighted by Gasteiger charge is 2.42. The summed E-state index contributed by atoms with van der Waals surface area (Å²) < 4.78 is 10.7. The third kappa shape index (κ3) is 3.74. The van der Waals surface area contributed by atoms with Crippen LogP contribution in [-0.4, -0.2) is 58.9 Å². The first-order valence-electron chi connectivity index (χ1n) is 6.42. The lowest BCUT2D eigenvalue weighted by molar-refractivity contribution is -0.202. The lowest BCUT2D eigenvalue weighted by Gasteiger charge is -2.38. The van der Waals surface area contributed by atoms with Crippen LogP contribution in [0, 0.1) is 11.3 Å². The van der Waals surface area contributed by atoms with E-state index in [2.05, 4.69) is 0 Å². The van der Waals surface area contributed by atoms with Gasteiger partial charge in [0.25, 0.3) is 0 Å². The van der Waals surface area contributed by atoms with Crippen LogP contribution in [0.5, 0.6) is 0 Å². The van der Waals surface area contributed by atoms with E-state index in [-0.39, 0.29) is 6.61 Å². The Hall–Kier alpha value is -1.14. The molecule has 21 heavy (non-hydrogen) atoms. The maximum absolute atomic E-state index is 10.00. The maximum Gasteiger partial charge on any atom is 0.136 e. The van der Waals surface area contributed by atoms with Gasteiger partial charge in [-0.3, -0.25) is 0 Å². The number of rotatable bonds is 4. The topological polar surface area (TPSA) is 103 Å². The third-order valence-electron chi connectivity index (χ3n) is 3.28. The summed E-state index contributed by atoms with van der Waals surface area (Å²) in [4.78, 5) is 0.845. The van der Waals surface area contributed by atoms with Crippen LogP contribution in [0.1, 0.15) is 5.56 Å². The number of thioether (sulfide) groups is 1. The van der Waals surface area contributed by atoms with Crippen LogP contribution in [0.4, 0.5) is 0 Å². The van der Waals surface area contributed by atoms with E-state index in [9.17, 15) is 15.3 Å². The molecule has 6 nitrogen and oxygen atoms in total. The Morgan fingerprint density at radius 1 is 1.29 bits per heavy atom. The fourth-order valence-electron chi connectivity index (χ4n) is 2.06. The van der Waals surface area contributed by atoms with Crippen LogP contribution in [-0.2, 0) is 9.47 Å². The summed E-state index contributed by atoms with van der Waals surface area (Å²) in [5, 5.41) is 37.9. The second kappa shape index (κ2) is 7.22. The largest absolute Gasteiger partial charge is 0.388 e. The second-order valence-electron chi connectivity index (χ2n) is 4.70. The first kappa shape index (κ1) is 16.2. The van der Waals surface area contributed by atoms with Crippen molar-refractivity contribution in [1.82, 2.24) is 0 Å². The van der Waals surface area contributed by atoms with Crippen LogP contribution in [0.2, 0.25) is 0 Å². The highest BCUT2D eigenvalue weighted by Crippen LogP contribution is 2.31. The Morgan fingerprint density at radius 2 is 1.95 bits per heavy atom. The van der Waals surface area contributed by atoms with Gasteiger partial charge >= 0.3 is 0 Å². The van der Waals surface area contributed by atoms with Crippen molar-refractivity contribution in [2.45, 2.75) is 34.7 Å². The fraction of sp³-hybridized carbons (Fsp3) is 0.500. The summed E-state index contributed by atoms with van der Waals surface area (Å²) in [5.41, 5.74) is 0.0101. The van der Waals surface area contributed by atoms with Gasteiger partial charge in [-0.2, -0.15) is 5.26 Å². The van der Waals surface area contributed by atoms with E-state index in [4.69, 9.17) is 14.7 Å². The number of aliphatic hydroxyl groups excluding tert-OH is 3. The van der Waals surface area contributed by atoms with Crippen molar-refractivity contribution in [3.8, 4) is 6.07 Å². The lowest BCUT2D eigenvalue weighted by Crippen LogP contribution is -2.56. The molecule has 7 heteroatoms. The van der Waals surface area contributed by atoms with Crippen LogP contribution in [0.3, 0.4) is 0 Å². The smallest absolute Gasteiger partial charge is 0.136 e. The molecule has 0 aliphatic carbocycles. The van der Waals surface area contributed by atoms with Crippen molar-refractivity contribution in [3.63, 3.8) is 0 Å². The normalized spacial score (nSPS) is 30.6. The van der Waals surface area contributed by atoms with Gasteiger partial charge < -0.3 is 24.8 Å². The zero-order valence-corrected chi connectivity index (χ0v) is 12.2. The molecule has 0 aromatic heterocycles. The van der Waals surface area contributed by atoms with Crippen molar-refractivity contribution in [3.05, 3.63) is 29.8 Å². The van der Waals surface area contributed by atoms with Gasteiger partial charge in [0, 0.05) is 12.0 Å². The summed E-state index contributed by atoms with van der Waals surface area (Å²) in [5.74, 6) is 0. The van der Waals surface area contributed by atoms with Gasteiger partial charge in [-0.1, -0.05) is 11.8 Å². The van der Waals surface area contributed by atoms with Gasteiger partial charge in [0.1, 0.15) is 29.9 Å². The molecule has 0 spiro atoms. The first-order chi connectivity index (χ1) is 10.1. The molecule has 1 fully saturated rings. The Morgan fingerprint density at radius 3 is 2.52 bits per heavy atom. The van der Waals surface area contributed by atoms with E-state index in [0.29, 0.717) is 5.56 Å². The van der Waals surface area contributed by atoms with Gasteiger partial charge in [-0.05, 0) is 24.3 Å². The summed E-state index contributed by atoms with van der Waals surface area (Å²) in [6.45, 7) is -0.0588. The van der Waals surface area contributed by atoms with Crippen LogP contribution in [0.25, 0.3) is 0 Å². The molecule has 114 valence electrons. The molecule has 1 aliphatic heterocycles. The quantitative estimate of drug-likeness (QED) is 0.535. The monoisotopic (exact) mass is 311 g/mol. The molecular weight excluding hydrogens is 294 g/mol. The molecule has 0 radical (unpaired) electrons. The van der Waals surface area contributed by atoms with Gasteiger partial charge in [-0.25, -0.2) is 0 Å². The predicted octanol–water partition coefficient (Wildman–Crippen LogP) is 0.104. The number of hydrogen-bond donors (Lipinski definition) is 3. The molecule has 1 aliphatic rings. The van der Waals surface area contributed by atoms with Crippen molar-refractivity contribution < 1.29 is 24.8 Å². The molecular formula is C14H17NO5S. The summed E-state index contributed by atoms with van der Waals surface area (Å²) in [7, 11) is 1.48. The number of nitriles is 1. The third-order valence-corrected chi connectivity index (χ3v) is 4.51. The molecule has 2 rings (SSSR count). The number of hydrogen-bond acceptors (Lipinski definition) is 7. The molecule has 5 atom stereocenters. The van der Waals surface area contributed by atoms with Gasteiger partial charge in [0.2, 0.25) is 0 Å². The number of methoxy groups -OCH3 is 1. The van der Waals surface area contributed by atoms with Crippen LogP contribution >= 0.6 is 11.8 Å². The number of ether oxygens (including phenoxy) is 2. The van der Waals surface area contributed by atoms with Crippen molar-refractivity contribution in [2.24, 2.45) is 0 Å². The van der Waals surface area contributed by atoms with Gasteiger partial charge in [0.15, 0.2) is 0 Å². The van der Waals surface area contributed by atoms with E-state index in [0.717, 1.165) is 4.90 Å². The Bertz CT molecular complexity index is 503. The number of nitrogens with zero attached hydrogens (tertiary/aromatic N) is 1. The first-order valence-corrected chi connectivity index (χ1v) is 7.30. The van der Waals surface area contributed by atoms with Gasteiger partial charge in [0.05, 0.1) is 18.2 Å². The average Bonchev–Trinajstić information content (AvgIpc) is 2.51. The van der Waals surface area contributed by atoms with Crippen LogP contribution < -0.4 is 0 Å². The zero-order valence-electron chi connectivity index (χ0n) is 11.4. The minimum Gasteiger partial charge on any atom is -0.388 e. The molecule has 3 N–H and O–H groups in total. The summed E-state index contributed by atoms with van der Waals surface area (Å²) in [6, 6.07) is 8.96. The molecule has 1 unspecified atom stereocenters. The Kier molecular flexibility index (Phi) is 5.58. The van der Waals surface area contributed by atoms with Crippen LogP contribution in [0.15, 0.2) is 29.2 Å². The average molecular weight is 311 g/mol. The van der Waals surface area contributed by atoms with E-state index >= 15 is 0 Å². The summed E-state index contributed by atoms with van der Waals surface area (Å²) in [6.07, 6.45) is -4.35. The molecule has 1 aromatic rings. The Labute approximate surface area is 126 Å². The fourth-order valence-corrected chi connectivity index (χ4v) is 3.09. The van der Waals surface area contributed by atoms with E-state index in [1.807, 2.05) is 6.07 Å². The molecule has 0 saturated carbocycles. The van der Waals surface area contributed by atoms with E-state index < -0.39 is 29.9 Å². The van der Waals surface area contributed by atoms with Crippen molar-refractivity contribution >= 4 is 11.8 Å². The van der Waals surface area contributed by atoms with Crippen molar-refractivity contribution in [1.29, 1.82) is 5.26 Å².